The molecule has 0 aromatic carbocycles. The molecule has 0 fully saturated rings. The number of dihydropyridines is 1. The quantitative estimate of drug-likeness (QED) is 0.602. The summed E-state index contributed by atoms with van der Waals surface area (Å²) in [6, 6.07) is 0. The van der Waals surface area contributed by atoms with Crippen LogP contribution in [-0.2, 0) is 0 Å². The molecule has 6 heteroatoms. The highest BCUT2D eigenvalue weighted by molar-refractivity contribution is 6.52. The summed E-state index contributed by atoms with van der Waals surface area (Å²) in [5.74, 6) is 0. The van der Waals surface area contributed by atoms with Crippen LogP contribution in [0.3, 0.4) is 0 Å². The Morgan fingerprint density at radius 2 is 1.85 bits per heavy atom. The van der Waals surface area contributed by atoms with E-state index in [0.717, 1.165) is 0 Å². The number of hydrogen-bond acceptors (Lipinski definition) is 1. The van der Waals surface area contributed by atoms with Crippen molar-refractivity contribution in [2.75, 3.05) is 0 Å². The summed E-state index contributed by atoms with van der Waals surface area (Å²) in [5.41, 5.74) is 0.537. The van der Waals surface area contributed by atoms with E-state index in [2.05, 4.69) is 5.32 Å². The Morgan fingerprint density at radius 1 is 1.23 bits per heavy atom. The Hall–Kier alpha value is 0.730. The molecule has 1 rings (SSSR count). The van der Waals surface area contributed by atoms with Gasteiger partial charge in [0.05, 0.1) is 0 Å². The van der Waals surface area contributed by atoms with E-state index in [9.17, 15) is 0 Å². The van der Waals surface area contributed by atoms with Gasteiger partial charge in [-0.15, -0.1) is 46.4 Å². The first-order valence-corrected chi connectivity index (χ1v) is 5.51. The van der Waals surface area contributed by atoms with Crippen LogP contribution in [0.5, 0.6) is 0 Å². The molecule has 0 aromatic rings. The summed E-state index contributed by atoms with van der Waals surface area (Å²) in [7, 11) is 0. The summed E-state index contributed by atoms with van der Waals surface area (Å²) in [5, 5.41) is 2.81. The van der Waals surface area contributed by atoms with Gasteiger partial charge in [-0.3, -0.25) is 0 Å². The Kier molecular flexibility index (Phi) is 4.09. The summed E-state index contributed by atoms with van der Waals surface area (Å²) < 4.78 is 0. The van der Waals surface area contributed by atoms with Gasteiger partial charge < -0.3 is 5.32 Å². The largest absolute Gasteiger partial charge is 0.367 e. The second-order valence-electron chi connectivity index (χ2n) is 2.44. The molecule has 1 heterocycles. The van der Waals surface area contributed by atoms with Crippen LogP contribution in [0.4, 0.5) is 0 Å². The first kappa shape index (κ1) is 11.8. The molecular formula is C7H6Cl5N. The maximum atomic E-state index is 6.11. The number of alkyl halides is 5. The lowest BCUT2D eigenvalue weighted by molar-refractivity contribution is 0.622. The van der Waals surface area contributed by atoms with Crippen LogP contribution in [-0.4, -0.2) is 14.7 Å². The number of nitrogens with one attached hydrogen (secondary N) is 1. The van der Waals surface area contributed by atoms with Gasteiger partial charge in [-0.1, -0.05) is 17.7 Å². The highest BCUT2D eigenvalue weighted by Crippen LogP contribution is 2.38. The van der Waals surface area contributed by atoms with Gasteiger partial charge >= 0.3 is 0 Å². The van der Waals surface area contributed by atoms with E-state index < -0.39 is 14.7 Å². The van der Waals surface area contributed by atoms with E-state index in [1.807, 2.05) is 0 Å². The van der Waals surface area contributed by atoms with Crippen LogP contribution < -0.4 is 5.32 Å². The maximum absolute atomic E-state index is 6.11. The second kappa shape index (κ2) is 4.50. The number of rotatable bonds is 2. The topological polar surface area (TPSA) is 12.0 Å². The lowest BCUT2D eigenvalue weighted by Gasteiger charge is -2.33. The Morgan fingerprint density at radius 3 is 2.23 bits per heavy atom. The van der Waals surface area contributed by atoms with Gasteiger partial charge in [0.2, 0.25) is 0 Å². The third kappa shape index (κ3) is 2.40. The molecule has 0 amide bonds. The Bertz CT molecular complexity index is 247. The third-order valence-corrected chi connectivity index (χ3v) is 3.52. The number of hydrogen-bond donors (Lipinski definition) is 1. The molecule has 13 heavy (non-hydrogen) atoms. The number of allylic oxidation sites excluding steroid dienone is 2. The van der Waals surface area contributed by atoms with Gasteiger partial charge in [-0.25, -0.2) is 0 Å². The standard InChI is InChI=1S/C7H6Cl5N/c8-5(9)4-2-1-3-13-7(4,12)6(10)11/h1-3,5-6,13H. The zero-order valence-electron chi connectivity index (χ0n) is 6.28. The molecule has 1 aliphatic heterocycles. The van der Waals surface area contributed by atoms with Crippen LogP contribution in [0.1, 0.15) is 0 Å². The summed E-state index contributed by atoms with van der Waals surface area (Å²) in [4.78, 5) is -2.70. The molecule has 1 atom stereocenters. The Labute approximate surface area is 102 Å². The minimum Gasteiger partial charge on any atom is -0.367 e. The molecule has 0 saturated carbocycles. The van der Waals surface area contributed by atoms with Crippen molar-refractivity contribution in [3.05, 3.63) is 23.9 Å². The van der Waals surface area contributed by atoms with Gasteiger partial charge in [0, 0.05) is 5.57 Å². The molecule has 1 unspecified atom stereocenters. The van der Waals surface area contributed by atoms with Crippen LogP contribution in [0.2, 0.25) is 0 Å². The van der Waals surface area contributed by atoms with Crippen LogP contribution in [0.25, 0.3) is 0 Å². The molecule has 0 aromatic heterocycles. The molecule has 74 valence electrons. The van der Waals surface area contributed by atoms with Crippen molar-refractivity contribution < 1.29 is 0 Å². The monoisotopic (exact) mass is 279 g/mol. The minimum atomic E-state index is -1.12. The normalized spacial score (nSPS) is 27.8. The van der Waals surface area contributed by atoms with E-state index in [1.165, 1.54) is 0 Å². The summed E-state index contributed by atoms with van der Waals surface area (Å²) in [6.45, 7) is 0. The predicted molar refractivity (Wildman–Crippen MR) is 59.9 cm³/mol. The first-order valence-electron chi connectivity index (χ1n) is 3.38. The SMILES string of the molecule is ClC(Cl)C1=CC=CNC1(Cl)C(Cl)Cl. The molecule has 0 saturated heterocycles. The van der Waals surface area contributed by atoms with Crippen LogP contribution in [0, 0.1) is 0 Å². The fourth-order valence-corrected chi connectivity index (χ4v) is 2.16. The minimum absolute atomic E-state index is 0.537. The first-order chi connectivity index (χ1) is 5.98. The summed E-state index contributed by atoms with van der Waals surface area (Å²) >= 11 is 29.0. The smallest absolute Gasteiger partial charge is 0.167 e. The molecule has 0 radical (unpaired) electrons. The van der Waals surface area contributed by atoms with Crippen molar-refractivity contribution in [2.24, 2.45) is 0 Å². The van der Waals surface area contributed by atoms with Crippen LogP contribution in [0.15, 0.2) is 23.9 Å². The lowest BCUT2D eigenvalue weighted by Crippen LogP contribution is -2.47. The van der Waals surface area contributed by atoms with Crippen molar-refractivity contribution in [2.45, 2.75) is 14.7 Å². The number of halogens is 5. The Balaban J connectivity index is 2.99. The lowest BCUT2D eigenvalue weighted by atomic mass is 10.1. The van der Waals surface area contributed by atoms with E-state index >= 15 is 0 Å². The van der Waals surface area contributed by atoms with E-state index in [1.54, 1.807) is 18.4 Å². The molecule has 1 aliphatic rings. The zero-order chi connectivity index (χ0) is 10.1. The van der Waals surface area contributed by atoms with Crippen molar-refractivity contribution >= 4 is 58.0 Å². The van der Waals surface area contributed by atoms with Crippen molar-refractivity contribution in [1.29, 1.82) is 0 Å². The highest BCUT2D eigenvalue weighted by atomic mass is 35.5. The molecule has 1 nitrogen and oxygen atoms in total. The van der Waals surface area contributed by atoms with Gasteiger partial charge in [0.15, 0.2) is 5.00 Å². The van der Waals surface area contributed by atoms with E-state index in [-0.39, 0.29) is 0 Å². The van der Waals surface area contributed by atoms with Crippen molar-refractivity contribution in [3.63, 3.8) is 0 Å². The molecule has 0 spiro atoms. The molecule has 0 aliphatic carbocycles. The van der Waals surface area contributed by atoms with E-state index in [4.69, 9.17) is 58.0 Å². The van der Waals surface area contributed by atoms with Gasteiger partial charge in [-0.2, -0.15) is 0 Å². The fraction of sp³-hybridized carbons (Fsp3) is 0.429. The zero-order valence-corrected chi connectivity index (χ0v) is 10.1. The molecule has 0 bridgehead atoms. The average molecular weight is 281 g/mol. The fourth-order valence-electron chi connectivity index (χ4n) is 0.946. The van der Waals surface area contributed by atoms with Crippen molar-refractivity contribution in [3.8, 4) is 0 Å². The predicted octanol–water partition coefficient (Wildman–Crippen LogP) is 3.57. The van der Waals surface area contributed by atoms with Crippen LogP contribution >= 0.6 is 58.0 Å². The third-order valence-electron chi connectivity index (χ3n) is 1.62. The summed E-state index contributed by atoms with van der Waals surface area (Å²) in [6.07, 6.45) is 5.04. The van der Waals surface area contributed by atoms with Gasteiger partial charge in [0.1, 0.15) is 9.67 Å². The maximum Gasteiger partial charge on any atom is 0.167 e. The van der Waals surface area contributed by atoms with Gasteiger partial charge in [0.25, 0.3) is 0 Å². The second-order valence-corrected chi connectivity index (χ2v) is 5.23. The molecular weight excluding hydrogens is 275 g/mol. The van der Waals surface area contributed by atoms with Gasteiger partial charge in [-0.05, 0) is 12.3 Å². The highest BCUT2D eigenvalue weighted by Gasteiger charge is 2.41. The van der Waals surface area contributed by atoms with Crippen molar-refractivity contribution in [1.82, 2.24) is 5.32 Å². The average Bonchev–Trinajstić information content (AvgIpc) is 2.04. The molecule has 1 N–H and O–H groups in total. The van der Waals surface area contributed by atoms with E-state index in [0.29, 0.717) is 5.57 Å².